The molecule has 0 bridgehead atoms. The van der Waals surface area contributed by atoms with Gasteiger partial charge < -0.3 is 55.7 Å². The molecule has 17 heteroatoms. The van der Waals surface area contributed by atoms with Crippen LogP contribution in [0.5, 0.6) is 0 Å². The average Bonchev–Trinajstić information content (AvgIpc) is 3.24. The van der Waals surface area contributed by atoms with Gasteiger partial charge in [0.05, 0.1) is 46.2 Å². The number of rotatable bonds is 47. The third kappa shape index (κ3) is 42.9. The van der Waals surface area contributed by atoms with Gasteiger partial charge in [-0.05, 0) is 19.3 Å². The van der Waals surface area contributed by atoms with Crippen molar-refractivity contribution >= 4 is 35.6 Å². The number of nitrogens with one attached hydrogen (secondary N) is 5. The molecule has 0 radical (unpaired) electrons. The molecule has 1 unspecified atom stereocenters. The summed E-state index contributed by atoms with van der Waals surface area (Å²) in [4.78, 5) is 69.6. The van der Waals surface area contributed by atoms with Crippen molar-refractivity contribution in [2.45, 2.75) is 161 Å². The molecule has 4 amide bonds. The van der Waals surface area contributed by atoms with Crippen molar-refractivity contribution in [1.29, 1.82) is 0 Å². The van der Waals surface area contributed by atoms with Gasteiger partial charge in [0.1, 0.15) is 12.6 Å². The number of hydrogen-bond donors (Lipinski definition) is 7. The van der Waals surface area contributed by atoms with Crippen molar-refractivity contribution in [3.05, 3.63) is 12.3 Å². The fourth-order valence-electron chi connectivity index (χ4n) is 6.27. The van der Waals surface area contributed by atoms with E-state index in [0.717, 1.165) is 38.5 Å². The third-order valence-electron chi connectivity index (χ3n) is 9.87. The molecule has 0 aromatic rings. The van der Waals surface area contributed by atoms with Crippen LogP contribution in [0.4, 0.5) is 0 Å². The van der Waals surface area contributed by atoms with Crippen molar-refractivity contribution in [3.8, 4) is 0 Å². The van der Waals surface area contributed by atoms with E-state index < -0.39 is 18.0 Å². The Morgan fingerprint density at radius 3 is 1.35 bits per heavy atom. The Hall–Kier alpha value is -3.80. The van der Waals surface area contributed by atoms with Crippen LogP contribution in [0.3, 0.4) is 0 Å². The average molecular weight is 886 g/mol. The zero-order valence-electron chi connectivity index (χ0n) is 38.0. The summed E-state index contributed by atoms with van der Waals surface area (Å²) in [6, 6.07) is -1.11. The molecule has 17 nitrogen and oxygen atoms in total. The van der Waals surface area contributed by atoms with Crippen LogP contribution in [0.1, 0.15) is 155 Å². The van der Waals surface area contributed by atoms with E-state index in [2.05, 4.69) is 33.2 Å². The van der Waals surface area contributed by atoms with E-state index in [4.69, 9.17) is 24.1 Å². The molecule has 1 atom stereocenters. The van der Waals surface area contributed by atoms with Gasteiger partial charge in [-0.2, -0.15) is 0 Å². The second-order valence-corrected chi connectivity index (χ2v) is 15.5. The number of hydrogen-bond acceptors (Lipinski definition) is 11. The van der Waals surface area contributed by atoms with Gasteiger partial charge in [0.2, 0.25) is 23.6 Å². The summed E-state index contributed by atoms with van der Waals surface area (Å²) in [5.74, 6) is -2.80. The van der Waals surface area contributed by atoms with Gasteiger partial charge in [-0.3, -0.25) is 24.0 Å². The summed E-state index contributed by atoms with van der Waals surface area (Å²) in [5.41, 5.74) is 0.679. The molecule has 0 spiro atoms. The molecule has 0 aromatic carbocycles. The smallest absolute Gasteiger partial charge is 0.326 e. The van der Waals surface area contributed by atoms with E-state index in [1.165, 1.54) is 70.6 Å². The quantitative estimate of drug-likeness (QED) is 0.0392. The zero-order chi connectivity index (χ0) is 45.7. The summed E-state index contributed by atoms with van der Waals surface area (Å²) >= 11 is 0. The lowest BCUT2D eigenvalue weighted by molar-refractivity contribution is -0.142. The van der Waals surface area contributed by atoms with Crippen LogP contribution >= 0.6 is 0 Å². The topological polar surface area (TPSA) is 240 Å². The van der Waals surface area contributed by atoms with E-state index >= 15 is 0 Å². The molecule has 0 aromatic heterocycles. The Kier molecular flexibility index (Phi) is 41.1. The highest BCUT2D eigenvalue weighted by Gasteiger charge is 2.20. The molecule has 360 valence electrons. The van der Waals surface area contributed by atoms with Crippen LogP contribution < -0.4 is 26.6 Å². The van der Waals surface area contributed by atoms with Gasteiger partial charge in [0, 0.05) is 57.6 Å². The maximum absolute atomic E-state index is 12.4. The SMILES string of the molecule is C=C(COCCOCCNC(=O)CCC(NC(=O)CCCCCCCCCCCCCCCCCCCCC(=O)O)C(=O)O)NCCOCCOCC(=O)NCCNC(=O)CC. The first-order valence-electron chi connectivity index (χ1n) is 23.3. The number of ether oxygens (including phenoxy) is 4. The first kappa shape index (κ1) is 58.2. The lowest BCUT2D eigenvalue weighted by Crippen LogP contribution is -2.41. The van der Waals surface area contributed by atoms with E-state index in [1.807, 2.05) is 0 Å². The standard InChI is InChI=1S/C45H83N5O12/c1-3-40(51)47-26-27-48-43(54)37-62-35-33-59-30-28-46-38(2)36-61-34-32-60-31-29-49-41(52)25-24-39(45(57)58)50-42(53)22-20-18-16-14-12-10-8-6-4-5-7-9-11-13-15-17-19-21-23-44(55)56/h39,46H,2-37H2,1H3,(H,47,51)(H,48,54)(H,49,52)(H,50,53)(H,55,56)(H,57,58). The largest absolute Gasteiger partial charge is 0.481 e. The third-order valence-corrected chi connectivity index (χ3v) is 9.87. The first-order valence-corrected chi connectivity index (χ1v) is 23.3. The molecular formula is C45H83N5O12. The molecular weight excluding hydrogens is 803 g/mol. The number of carbonyl (C=O) groups excluding carboxylic acids is 4. The second kappa shape index (κ2) is 43.8. The Labute approximate surface area is 371 Å². The maximum atomic E-state index is 12.4. The minimum absolute atomic E-state index is 0.00284. The van der Waals surface area contributed by atoms with E-state index in [9.17, 15) is 33.9 Å². The van der Waals surface area contributed by atoms with Gasteiger partial charge in [0.25, 0.3) is 0 Å². The zero-order valence-corrected chi connectivity index (χ0v) is 38.0. The Bertz CT molecular complexity index is 1190. The van der Waals surface area contributed by atoms with Gasteiger partial charge >= 0.3 is 11.9 Å². The maximum Gasteiger partial charge on any atom is 0.326 e. The molecule has 0 saturated carbocycles. The molecule has 0 saturated heterocycles. The van der Waals surface area contributed by atoms with Crippen molar-refractivity contribution < 1.29 is 57.9 Å². The van der Waals surface area contributed by atoms with E-state index in [1.54, 1.807) is 6.92 Å². The number of amides is 4. The molecule has 0 aliphatic carbocycles. The van der Waals surface area contributed by atoms with Crippen LogP contribution in [0.15, 0.2) is 12.3 Å². The molecule has 0 aliphatic rings. The molecule has 0 aliphatic heterocycles. The minimum Gasteiger partial charge on any atom is -0.481 e. The summed E-state index contributed by atoms with van der Waals surface area (Å²) in [6.07, 6.45) is 21.7. The van der Waals surface area contributed by atoms with Crippen molar-refractivity contribution in [1.82, 2.24) is 26.6 Å². The highest BCUT2D eigenvalue weighted by atomic mass is 16.5. The summed E-state index contributed by atoms with van der Waals surface area (Å²) in [6.45, 7) is 9.29. The molecule has 0 heterocycles. The van der Waals surface area contributed by atoms with Crippen LogP contribution in [0, 0.1) is 0 Å². The van der Waals surface area contributed by atoms with Crippen LogP contribution in [-0.2, 0) is 47.7 Å². The van der Waals surface area contributed by atoms with E-state index in [-0.39, 0.29) is 75.9 Å². The second-order valence-electron chi connectivity index (χ2n) is 15.5. The van der Waals surface area contributed by atoms with Crippen molar-refractivity contribution in [3.63, 3.8) is 0 Å². The lowest BCUT2D eigenvalue weighted by atomic mass is 10.0. The van der Waals surface area contributed by atoms with Crippen molar-refractivity contribution in [2.24, 2.45) is 0 Å². The number of aliphatic carboxylic acids is 2. The predicted octanol–water partition coefficient (Wildman–Crippen LogP) is 5.15. The van der Waals surface area contributed by atoms with Crippen LogP contribution in [0.25, 0.3) is 0 Å². The normalized spacial score (nSPS) is 11.4. The molecule has 0 fully saturated rings. The van der Waals surface area contributed by atoms with Crippen molar-refractivity contribution in [2.75, 3.05) is 79.0 Å². The summed E-state index contributed by atoms with van der Waals surface area (Å²) in [7, 11) is 0. The number of carboxylic acids is 2. The van der Waals surface area contributed by atoms with Gasteiger partial charge in [-0.15, -0.1) is 0 Å². The highest BCUT2D eigenvalue weighted by Crippen LogP contribution is 2.15. The van der Waals surface area contributed by atoms with Gasteiger partial charge in [-0.25, -0.2) is 4.79 Å². The fraction of sp³-hybridized carbons (Fsp3) is 0.822. The number of carbonyl (C=O) groups is 6. The monoisotopic (exact) mass is 886 g/mol. The molecule has 7 N–H and O–H groups in total. The van der Waals surface area contributed by atoms with Crippen LogP contribution in [0.2, 0.25) is 0 Å². The Balaban J connectivity index is 3.62. The van der Waals surface area contributed by atoms with E-state index in [0.29, 0.717) is 71.0 Å². The predicted molar refractivity (Wildman–Crippen MR) is 239 cm³/mol. The summed E-state index contributed by atoms with van der Waals surface area (Å²) in [5, 5.41) is 31.9. The number of carboxylic acid groups (broad SMARTS) is 2. The summed E-state index contributed by atoms with van der Waals surface area (Å²) < 4.78 is 21.7. The Morgan fingerprint density at radius 1 is 0.452 bits per heavy atom. The highest BCUT2D eigenvalue weighted by molar-refractivity contribution is 5.84. The van der Waals surface area contributed by atoms with Crippen LogP contribution in [-0.4, -0.2) is 131 Å². The first-order chi connectivity index (χ1) is 30.0. The number of unbranched alkanes of at least 4 members (excludes halogenated alkanes) is 17. The Morgan fingerprint density at radius 2 is 0.871 bits per heavy atom. The lowest BCUT2D eigenvalue weighted by Gasteiger charge is -2.14. The fourth-order valence-corrected chi connectivity index (χ4v) is 6.27. The minimum atomic E-state index is -1.16. The molecule has 62 heavy (non-hydrogen) atoms. The molecule has 0 rings (SSSR count). The van der Waals surface area contributed by atoms with Gasteiger partial charge in [0.15, 0.2) is 0 Å². The van der Waals surface area contributed by atoms with Gasteiger partial charge in [-0.1, -0.05) is 116 Å².